The van der Waals surface area contributed by atoms with Gasteiger partial charge in [0.1, 0.15) is 6.04 Å². The van der Waals surface area contributed by atoms with Gasteiger partial charge >= 0.3 is 0 Å². The number of nitrogens with zero attached hydrogens (tertiary/aromatic N) is 1. The molecule has 1 N–H and O–H groups in total. The monoisotopic (exact) mass is 438 g/mol. The van der Waals surface area contributed by atoms with Crippen molar-refractivity contribution in [3.8, 4) is 0 Å². The Morgan fingerprint density at radius 3 is 2.00 bits per heavy atom. The molecule has 0 bridgehead atoms. The van der Waals surface area contributed by atoms with E-state index < -0.39 is 6.04 Å². The fourth-order valence-electron chi connectivity index (χ4n) is 4.38. The van der Waals surface area contributed by atoms with Crippen LogP contribution >= 0.6 is 0 Å². The molecule has 2 amide bonds. The molecule has 0 heterocycles. The maximum absolute atomic E-state index is 13.7. The molecule has 1 unspecified atom stereocenters. The molecule has 33 heavy (non-hydrogen) atoms. The number of nitrogens with one attached hydrogen (secondary N) is 1. The minimum absolute atomic E-state index is 0.140. The third-order valence-electron chi connectivity index (χ3n) is 6.06. The molecule has 4 nitrogen and oxygen atoms in total. The number of carbonyl (C=O) groups excluding carboxylic acids is 2. The summed E-state index contributed by atoms with van der Waals surface area (Å²) >= 11 is 0. The van der Waals surface area contributed by atoms with Gasteiger partial charge in [0.25, 0.3) is 5.91 Å². The number of anilines is 1. The van der Waals surface area contributed by atoms with Crippen molar-refractivity contribution < 1.29 is 9.59 Å². The van der Waals surface area contributed by atoms with E-state index in [-0.39, 0.29) is 17.9 Å². The van der Waals surface area contributed by atoms with Gasteiger partial charge in [-0.25, -0.2) is 0 Å². The Labute approximate surface area is 195 Å². The highest BCUT2D eigenvalue weighted by atomic mass is 16.2. The molecule has 1 fully saturated rings. The fraction of sp³-hybridized carbons (Fsp3) is 0.241. The molecule has 1 aliphatic rings. The van der Waals surface area contributed by atoms with E-state index >= 15 is 0 Å². The van der Waals surface area contributed by atoms with Gasteiger partial charge in [-0.15, -0.1) is 0 Å². The van der Waals surface area contributed by atoms with Crippen LogP contribution in [0.15, 0.2) is 97.1 Å². The van der Waals surface area contributed by atoms with Crippen LogP contribution in [0.5, 0.6) is 0 Å². The fourth-order valence-corrected chi connectivity index (χ4v) is 4.38. The van der Waals surface area contributed by atoms with E-state index in [1.165, 1.54) is 6.42 Å². The summed E-state index contributed by atoms with van der Waals surface area (Å²) in [5.41, 5.74) is 2.41. The first-order valence-electron chi connectivity index (χ1n) is 11.7. The normalized spacial score (nSPS) is 15.2. The molecule has 3 aromatic carbocycles. The van der Waals surface area contributed by atoms with Gasteiger partial charge in [0.15, 0.2) is 0 Å². The van der Waals surface area contributed by atoms with Gasteiger partial charge in [-0.3, -0.25) is 14.5 Å². The lowest BCUT2D eigenvalue weighted by Crippen LogP contribution is -2.47. The Kier molecular flexibility index (Phi) is 7.70. The number of hydrogen-bond donors (Lipinski definition) is 1. The first kappa shape index (κ1) is 22.5. The Hall–Kier alpha value is -3.66. The number of para-hydroxylation sites is 1. The summed E-state index contributed by atoms with van der Waals surface area (Å²) in [6.45, 7) is 0. The van der Waals surface area contributed by atoms with Crippen molar-refractivity contribution >= 4 is 23.6 Å². The van der Waals surface area contributed by atoms with Crippen molar-refractivity contribution in [1.29, 1.82) is 0 Å². The first-order chi connectivity index (χ1) is 16.2. The molecule has 0 radical (unpaired) electrons. The molecule has 1 aliphatic carbocycles. The highest BCUT2D eigenvalue weighted by Crippen LogP contribution is 2.29. The number of hydrogen-bond acceptors (Lipinski definition) is 2. The van der Waals surface area contributed by atoms with Crippen LogP contribution in [0.2, 0.25) is 0 Å². The second-order valence-electron chi connectivity index (χ2n) is 8.44. The summed E-state index contributed by atoms with van der Waals surface area (Å²) in [7, 11) is 0. The van der Waals surface area contributed by atoms with Crippen LogP contribution in [0.3, 0.4) is 0 Å². The highest BCUT2D eigenvalue weighted by molar-refractivity contribution is 6.08. The molecule has 0 aliphatic heterocycles. The maximum Gasteiger partial charge on any atom is 0.252 e. The number of amides is 2. The Morgan fingerprint density at radius 1 is 0.788 bits per heavy atom. The van der Waals surface area contributed by atoms with Gasteiger partial charge in [0, 0.05) is 17.8 Å². The maximum atomic E-state index is 13.7. The van der Waals surface area contributed by atoms with Crippen molar-refractivity contribution in [2.24, 2.45) is 0 Å². The van der Waals surface area contributed by atoms with Gasteiger partial charge in [-0.05, 0) is 42.2 Å². The average Bonchev–Trinajstić information content (AvgIpc) is 2.88. The molecule has 0 saturated heterocycles. The zero-order valence-corrected chi connectivity index (χ0v) is 18.8. The average molecular weight is 439 g/mol. The van der Waals surface area contributed by atoms with Crippen molar-refractivity contribution in [2.75, 3.05) is 4.90 Å². The summed E-state index contributed by atoms with van der Waals surface area (Å²) in [4.78, 5) is 28.9. The van der Waals surface area contributed by atoms with Crippen LogP contribution in [0.1, 0.15) is 49.3 Å². The molecular formula is C29H30N2O2. The second kappa shape index (κ2) is 11.3. The van der Waals surface area contributed by atoms with Gasteiger partial charge in [-0.1, -0.05) is 98.1 Å². The van der Waals surface area contributed by atoms with Gasteiger partial charge in [-0.2, -0.15) is 0 Å². The SMILES string of the molecule is O=C(NC1CCCCC1)C(c1ccccc1)N(C(=O)/C=C/c1ccccc1)c1ccccc1. The minimum Gasteiger partial charge on any atom is -0.351 e. The highest BCUT2D eigenvalue weighted by Gasteiger charge is 2.33. The van der Waals surface area contributed by atoms with E-state index in [1.54, 1.807) is 17.1 Å². The van der Waals surface area contributed by atoms with Gasteiger partial charge in [0.2, 0.25) is 5.91 Å². The summed E-state index contributed by atoms with van der Waals surface area (Å²) in [5.74, 6) is -0.379. The number of benzene rings is 3. The van der Waals surface area contributed by atoms with Crippen LogP contribution in [-0.2, 0) is 9.59 Å². The standard InChI is InChI=1S/C29H30N2O2/c32-27(22-21-23-13-5-1-6-14-23)31(26-19-11-4-12-20-26)28(24-15-7-2-8-16-24)29(33)30-25-17-9-3-10-18-25/h1-2,4-8,11-16,19-22,25,28H,3,9-10,17-18H2,(H,30,33)/b22-21+. The van der Waals surface area contributed by atoms with E-state index in [1.807, 2.05) is 91.0 Å². The third-order valence-corrected chi connectivity index (χ3v) is 6.06. The smallest absolute Gasteiger partial charge is 0.252 e. The zero-order valence-electron chi connectivity index (χ0n) is 18.8. The number of carbonyl (C=O) groups is 2. The second-order valence-corrected chi connectivity index (χ2v) is 8.44. The van der Waals surface area contributed by atoms with E-state index in [0.29, 0.717) is 5.69 Å². The molecule has 168 valence electrons. The lowest BCUT2D eigenvalue weighted by atomic mass is 9.94. The zero-order chi connectivity index (χ0) is 22.9. The molecule has 4 rings (SSSR count). The molecule has 1 atom stereocenters. The Bertz CT molecular complexity index is 1060. The molecule has 1 saturated carbocycles. The molecule has 0 spiro atoms. The topological polar surface area (TPSA) is 49.4 Å². The summed E-state index contributed by atoms with van der Waals surface area (Å²) in [6.07, 6.45) is 8.78. The lowest BCUT2D eigenvalue weighted by molar-refractivity contribution is -0.126. The van der Waals surface area contributed by atoms with E-state index in [2.05, 4.69) is 5.32 Å². The van der Waals surface area contributed by atoms with Crippen molar-refractivity contribution in [1.82, 2.24) is 5.32 Å². The van der Waals surface area contributed by atoms with Crippen LogP contribution in [-0.4, -0.2) is 17.9 Å². The predicted molar refractivity (Wildman–Crippen MR) is 134 cm³/mol. The van der Waals surface area contributed by atoms with Crippen LogP contribution in [0.25, 0.3) is 6.08 Å². The largest absolute Gasteiger partial charge is 0.351 e. The molecule has 3 aromatic rings. The van der Waals surface area contributed by atoms with Crippen molar-refractivity contribution in [3.05, 3.63) is 108 Å². The van der Waals surface area contributed by atoms with Crippen molar-refractivity contribution in [2.45, 2.75) is 44.2 Å². The Balaban J connectivity index is 1.70. The van der Waals surface area contributed by atoms with Crippen LogP contribution < -0.4 is 10.2 Å². The number of rotatable bonds is 7. The molecular weight excluding hydrogens is 408 g/mol. The van der Waals surface area contributed by atoms with Gasteiger partial charge in [0.05, 0.1) is 0 Å². The van der Waals surface area contributed by atoms with Crippen LogP contribution in [0.4, 0.5) is 5.69 Å². The van der Waals surface area contributed by atoms with E-state index in [0.717, 1.165) is 36.8 Å². The summed E-state index contributed by atoms with van der Waals surface area (Å²) in [6, 6.07) is 28.1. The minimum atomic E-state index is -0.761. The molecule has 0 aromatic heterocycles. The van der Waals surface area contributed by atoms with Gasteiger partial charge < -0.3 is 5.32 Å². The van der Waals surface area contributed by atoms with Crippen molar-refractivity contribution in [3.63, 3.8) is 0 Å². The van der Waals surface area contributed by atoms with E-state index in [4.69, 9.17) is 0 Å². The summed E-state index contributed by atoms with van der Waals surface area (Å²) in [5, 5.41) is 3.24. The van der Waals surface area contributed by atoms with E-state index in [9.17, 15) is 9.59 Å². The summed E-state index contributed by atoms with van der Waals surface area (Å²) < 4.78 is 0. The first-order valence-corrected chi connectivity index (χ1v) is 11.7. The molecule has 4 heteroatoms. The Morgan fingerprint density at radius 2 is 1.36 bits per heavy atom. The lowest BCUT2D eigenvalue weighted by Gasteiger charge is -2.33. The van der Waals surface area contributed by atoms with Crippen LogP contribution in [0, 0.1) is 0 Å². The third kappa shape index (κ3) is 5.98. The quantitative estimate of drug-likeness (QED) is 0.465. The predicted octanol–water partition coefficient (Wildman–Crippen LogP) is 5.92.